The Morgan fingerprint density at radius 3 is 2.52 bits per heavy atom. The number of anilines is 1. The number of para-hydroxylation sites is 1. The molecule has 4 nitrogen and oxygen atoms in total. The van der Waals surface area contributed by atoms with E-state index in [1.54, 1.807) is 0 Å². The zero-order valence-corrected chi connectivity index (χ0v) is 12.8. The van der Waals surface area contributed by atoms with Crippen LogP contribution in [0, 0.1) is 6.92 Å². The second-order valence-electron chi connectivity index (χ2n) is 6.11. The molecule has 0 aromatic heterocycles. The van der Waals surface area contributed by atoms with E-state index in [4.69, 9.17) is 0 Å². The largest absolute Gasteiger partial charge is 0.389 e. The molecular formula is C17H26N2O2. The van der Waals surface area contributed by atoms with Crippen molar-refractivity contribution in [1.82, 2.24) is 5.32 Å². The summed E-state index contributed by atoms with van der Waals surface area (Å²) >= 11 is 0. The highest BCUT2D eigenvalue weighted by Crippen LogP contribution is 2.26. The minimum Gasteiger partial charge on any atom is -0.389 e. The van der Waals surface area contributed by atoms with E-state index in [0.717, 1.165) is 36.9 Å². The molecule has 0 heterocycles. The van der Waals surface area contributed by atoms with Crippen LogP contribution in [-0.2, 0) is 4.79 Å². The van der Waals surface area contributed by atoms with Gasteiger partial charge in [0.15, 0.2) is 0 Å². The van der Waals surface area contributed by atoms with E-state index in [1.165, 1.54) is 12.8 Å². The van der Waals surface area contributed by atoms with Gasteiger partial charge in [-0.15, -0.1) is 0 Å². The molecule has 1 aliphatic carbocycles. The third kappa shape index (κ3) is 5.14. The van der Waals surface area contributed by atoms with Gasteiger partial charge in [0, 0.05) is 12.2 Å². The lowest BCUT2D eigenvalue weighted by atomic mass is 9.94. The summed E-state index contributed by atoms with van der Waals surface area (Å²) in [5.41, 5.74) is 1.25. The molecule has 1 aromatic rings. The minimum absolute atomic E-state index is 0.0680. The fraction of sp³-hybridized carbons (Fsp3) is 0.588. The van der Waals surface area contributed by atoms with Crippen LogP contribution in [0.4, 0.5) is 5.69 Å². The van der Waals surface area contributed by atoms with Crippen molar-refractivity contribution in [2.24, 2.45) is 0 Å². The molecule has 2 rings (SSSR count). The van der Waals surface area contributed by atoms with Crippen LogP contribution in [0.5, 0.6) is 0 Å². The average molecular weight is 290 g/mol. The summed E-state index contributed by atoms with van der Waals surface area (Å²) in [4.78, 5) is 11.9. The Morgan fingerprint density at radius 2 is 1.86 bits per heavy atom. The van der Waals surface area contributed by atoms with E-state index in [2.05, 4.69) is 10.6 Å². The van der Waals surface area contributed by atoms with Crippen molar-refractivity contribution >= 4 is 11.6 Å². The molecule has 0 unspecified atom stereocenters. The zero-order valence-electron chi connectivity index (χ0n) is 12.8. The lowest BCUT2D eigenvalue weighted by Crippen LogP contribution is -2.42. The highest BCUT2D eigenvalue weighted by atomic mass is 16.3. The molecule has 1 fully saturated rings. The molecule has 0 bridgehead atoms. The zero-order chi connectivity index (χ0) is 15.1. The van der Waals surface area contributed by atoms with Crippen LogP contribution in [-0.4, -0.2) is 29.7 Å². The van der Waals surface area contributed by atoms with Gasteiger partial charge in [0.1, 0.15) is 0 Å². The van der Waals surface area contributed by atoms with Gasteiger partial charge in [0.05, 0.1) is 12.1 Å². The molecule has 0 aliphatic heterocycles. The van der Waals surface area contributed by atoms with Crippen LogP contribution in [0.3, 0.4) is 0 Å². The Balaban J connectivity index is 1.75. The number of carbonyl (C=O) groups is 1. The average Bonchev–Trinajstić information content (AvgIpc) is 2.66. The van der Waals surface area contributed by atoms with Crippen molar-refractivity contribution in [2.45, 2.75) is 51.0 Å². The van der Waals surface area contributed by atoms with Crippen LogP contribution < -0.4 is 10.6 Å². The number of aliphatic hydroxyl groups is 1. The number of benzene rings is 1. The topological polar surface area (TPSA) is 61.4 Å². The van der Waals surface area contributed by atoms with Crippen LogP contribution in [0.2, 0.25) is 0 Å². The Kier molecular flexibility index (Phi) is 5.76. The third-order valence-corrected chi connectivity index (χ3v) is 4.19. The van der Waals surface area contributed by atoms with Gasteiger partial charge in [0.2, 0.25) is 5.91 Å². The van der Waals surface area contributed by atoms with Gasteiger partial charge < -0.3 is 15.7 Å². The quantitative estimate of drug-likeness (QED) is 0.731. The van der Waals surface area contributed by atoms with Crippen LogP contribution in [0.25, 0.3) is 0 Å². The number of rotatable bonds is 5. The number of nitrogens with one attached hydrogen (secondary N) is 2. The smallest absolute Gasteiger partial charge is 0.238 e. The molecule has 0 radical (unpaired) electrons. The number of hydrogen-bond acceptors (Lipinski definition) is 3. The Morgan fingerprint density at radius 1 is 1.19 bits per heavy atom. The molecular weight excluding hydrogens is 264 g/mol. The molecule has 1 amide bonds. The maximum absolute atomic E-state index is 11.9. The minimum atomic E-state index is -0.639. The molecule has 1 aliphatic rings. The number of aryl methyl sites for hydroxylation is 1. The molecule has 4 heteroatoms. The molecule has 0 saturated heterocycles. The van der Waals surface area contributed by atoms with Gasteiger partial charge in [-0.3, -0.25) is 4.79 Å². The first-order valence-electron chi connectivity index (χ1n) is 7.88. The number of hydrogen-bond donors (Lipinski definition) is 3. The predicted molar refractivity (Wildman–Crippen MR) is 85.3 cm³/mol. The van der Waals surface area contributed by atoms with Crippen molar-refractivity contribution in [3.05, 3.63) is 29.8 Å². The summed E-state index contributed by atoms with van der Waals surface area (Å²) in [5, 5.41) is 16.5. The second-order valence-corrected chi connectivity index (χ2v) is 6.11. The Hall–Kier alpha value is -1.39. The van der Waals surface area contributed by atoms with Gasteiger partial charge in [-0.1, -0.05) is 43.9 Å². The first-order valence-corrected chi connectivity index (χ1v) is 7.88. The Bertz CT molecular complexity index is 466. The number of amides is 1. The molecule has 3 N–H and O–H groups in total. The van der Waals surface area contributed by atoms with E-state index in [1.807, 2.05) is 31.2 Å². The summed E-state index contributed by atoms with van der Waals surface area (Å²) in [6, 6.07) is 7.72. The normalized spacial score (nSPS) is 18.0. The monoisotopic (exact) mass is 290 g/mol. The first-order chi connectivity index (χ1) is 10.1. The lowest BCUT2D eigenvalue weighted by molar-refractivity contribution is -0.115. The van der Waals surface area contributed by atoms with Gasteiger partial charge in [-0.05, 0) is 31.4 Å². The summed E-state index contributed by atoms with van der Waals surface area (Å²) in [5.74, 6) is -0.0680. The van der Waals surface area contributed by atoms with E-state index < -0.39 is 5.60 Å². The van der Waals surface area contributed by atoms with E-state index in [-0.39, 0.29) is 12.5 Å². The summed E-state index contributed by atoms with van der Waals surface area (Å²) in [6.45, 7) is 2.70. The first kappa shape index (κ1) is 16.0. The van der Waals surface area contributed by atoms with Crippen LogP contribution in [0.15, 0.2) is 24.3 Å². The maximum Gasteiger partial charge on any atom is 0.238 e. The molecule has 1 saturated carbocycles. The van der Waals surface area contributed by atoms with Gasteiger partial charge in [-0.25, -0.2) is 0 Å². The van der Waals surface area contributed by atoms with Crippen molar-refractivity contribution < 1.29 is 9.90 Å². The molecule has 116 valence electrons. The van der Waals surface area contributed by atoms with Gasteiger partial charge in [-0.2, -0.15) is 0 Å². The van der Waals surface area contributed by atoms with E-state index in [9.17, 15) is 9.90 Å². The molecule has 0 spiro atoms. The summed E-state index contributed by atoms with van der Waals surface area (Å²) in [6.07, 6.45) is 6.23. The third-order valence-electron chi connectivity index (χ3n) is 4.19. The predicted octanol–water partition coefficient (Wildman–Crippen LogP) is 2.61. The van der Waals surface area contributed by atoms with E-state index in [0.29, 0.717) is 6.54 Å². The SMILES string of the molecule is Cc1ccccc1NC(=O)CNCC1(O)CCCCCC1. The molecule has 0 atom stereocenters. The van der Waals surface area contributed by atoms with Crippen molar-refractivity contribution in [3.63, 3.8) is 0 Å². The second kappa shape index (κ2) is 7.57. The van der Waals surface area contributed by atoms with Crippen molar-refractivity contribution in [1.29, 1.82) is 0 Å². The van der Waals surface area contributed by atoms with Crippen LogP contribution in [0.1, 0.15) is 44.1 Å². The molecule has 1 aromatic carbocycles. The fourth-order valence-corrected chi connectivity index (χ4v) is 2.88. The number of carbonyl (C=O) groups excluding carboxylic acids is 1. The van der Waals surface area contributed by atoms with Crippen molar-refractivity contribution in [2.75, 3.05) is 18.4 Å². The van der Waals surface area contributed by atoms with Gasteiger partial charge >= 0.3 is 0 Å². The Labute approximate surface area is 126 Å². The summed E-state index contributed by atoms with van der Waals surface area (Å²) in [7, 11) is 0. The standard InChI is InChI=1S/C17H26N2O2/c1-14-8-4-5-9-15(14)19-16(20)12-18-13-17(21)10-6-2-3-7-11-17/h4-5,8-9,18,21H,2-3,6-7,10-13H2,1H3,(H,19,20). The maximum atomic E-state index is 11.9. The van der Waals surface area contributed by atoms with E-state index >= 15 is 0 Å². The van der Waals surface area contributed by atoms with Crippen LogP contribution >= 0.6 is 0 Å². The van der Waals surface area contributed by atoms with Crippen molar-refractivity contribution in [3.8, 4) is 0 Å². The van der Waals surface area contributed by atoms with Gasteiger partial charge in [0.25, 0.3) is 0 Å². The lowest BCUT2D eigenvalue weighted by Gasteiger charge is -2.26. The molecule has 21 heavy (non-hydrogen) atoms. The fourth-order valence-electron chi connectivity index (χ4n) is 2.88. The highest BCUT2D eigenvalue weighted by Gasteiger charge is 2.27. The summed E-state index contributed by atoms with van der Waals surface area (Å²) < 4.78 is 0. The highest BCUT2D eigenvalue weighted by molar-refractivity contribution is 5.92.